The van der Waals surface area contributed by atoms with Crippen LogP contribution in [-0.2, 0) is 11.0 Å². The number of nitrogens with one attached hydrogen (secondary N) is 3. The molecule has 3 N–H and O–H groups in total. The van der Waals surface area contributed by atoms with Gasteiger partial charge < -0.3 is 16.0 Å². The van der Waals surface area contributed by atoms with Gasteiger partial charge in [-0.25, -0.2) is 4.79 Å². The third-order valence-electron chi connectivity index (χ3n) is 4.41. The van der Waals surface area contributed by atoms with Crippen LogP contribution in [0.25, 0.3) is 0 Å². The number of rotatable bonds is 4. The number of alkyl halides is 3. The van der Waals surface area contributed by atoms with Crippen molar-refractivity contribution in [3.63, 3.8) is 0 Å². The summed E-state index contributed by atoms with van der Waals surface area (Å²) >= 11 is 0. The minimum atomic E-state index is -4.37. The molecule has 0 aromatic heterocycles. The van der Waals surface area contributed by atoms with E-state index in [1.807, 2.05) is 0 Å². The summed E-state index contributed by atoms with van der Waals surface area (Å²) in [5, 5.41) is 7.82. The van der Waals surface area contributed by atoms with Gasteiger partial charge in [0.2, 0.25) is 5.91 Å². The van der Waals surface area contributed by atoms with E-state index in [4.69, 9.17) is 0 Å². The quantitative estimate of drug-likeness (QED) is 0.747. The summed E-state index contributed by atoms with van der Waals surface area (Å²) in [6.07, 6.45) is -3.78. The summed E-state index contributed by atoms with van der Waals surface area (Å²) in [6.45, 7) is 0. The van der Waals surface area contributed by atoms with Gasteiger partial charge in [-0.05, 0) is 48.2 Å². The average Bonchev–Trinajstić information content (AvgIpc) is 3.42. The Hall–Kier alpha value is -3.03. The highest BCUT2D eigenvalue weighted by atomic mass is 19.4. The van der Waals surface area contributed by atoms with Crippen molar-refractivity contribution in [3.05, 3.63) is 59.7 Å². The van der Waals surface area contributed by atoms with E-state index in [0.717, 1.165) is 17.7 Å². The van der Waals surface area contributed by atoms with E-state index >= 15 is 0 Å². The van der Waals surface area contributed by atoms with Gasteiger partial charge in [0, 0.05) is 24.3 Å². The predicted octanol–water partition coefficient (Wildman–Crippen LogP) is 4.20. The lowest BCUT2D eigenvalue weighted by Gasteiger charge is -2.09. The Morgan fingerprint density at radius 3 is 2.22 bits per heavy atom. The first-order valence-electron chi connectivity index (χ1n) is 8.35. The first-order chi connectivity index (χ1) is 12.8. The first-order valence-corrected chi connectivity index (χ1v) is 8.35. The molecule has 2 atom stereocenters. The SMILES string of the molecule is CNC(=O)Nc1cccc(NC(=O)C2CC2c2ccc(C(F)(F)F)cc2)c1. The number of anilines is 2. The Balaban J connectivity index is 1.60. The van der Waals surface area contributed by atoms with Crippen molar-refractivity contribution in [1.82, 2.24) is 5.32 Å². The van der Waals surface area contributed by atoms with Crippen LogP contribution < -0.4 is 16.0 Å². The van der Waals surface area contributed by atoms with Crippen molar-refractivity contribution in [3.8, 4) is 0 Å². The number of benzene rings is 2. The molecule has 0 saturated heterocycles. The fourth-order valence-corrected chi connectivity index (χ4v) is 2.88. The predicted molar refractivity (Wildman–Crippen MR) is 95.4 cm³/mol. The summed E-state index contributed by atoms with van der Waals surface area (Å²) in [6, 6.07) is 11.3. The lowest BCUT2D eigenvalue weighted by molar-refractivity contribution is -0.137. The van der Waals surface area contributed by atoms with E-state index in [1.165, 1.54) is 19.2 Å². The largest absolute Gasteiger partial charge is 0.416 e. The summed E-state index contributed by atoms with van der Waals surface area (Å²) in [5.41, 5.74) is 1.08. The highest BCUT2D eigenvalue weighted by Crippen LogP contribution is 2.48. The molecule has 2 aromatic carbocycles. The summed E-state index contributed by atoms with van der Waals surface area (Å²) < 4.78 is 37.9. The number of hydrogen-bond acceptors (Lipinski definition) is 2. The summed E-state index contributed by atoms with van der Waals surface area (Å²) in [7, 11) is 1.50. The van der Waals surface area contributed by atoms with Crippen molar-refractivity contribution in [2.75, 3.05) is 17.7 Å². The van der Waals surface area contributed by atoms with Crippen LogP contribution >= 0.6 is 0 Å². The molecule has 5 nitrogen and oxygen atoms in total. The van der Waals surface area contributed by atoms with Crippen molar-refractivity contribution < 1.29 is 22.8 Å². The van der Waals surface area contributed by atoms with Gasteiger partial charge in [0.25, 0.3) is 0 Å². The zero-order valence-electron chi connectivity index (χ0n) is 14.4. The Morgan fingerprint density at radius 1 is 1.00 bits per heavy atom. The van der Waals surface area contributed by atoms with E-state index in [2.05, 4.69) is 16.0 Å². The molecule has 1 saturated carbocycles. The lowest BCUT2D eigenvalue weighted by Crippen LogP contribution is -2.24. The zero-order chi connectivity index (χ0) is 19.6. The van der Waals surface area contributed by atoms with E-state index in [9.17, 15) is 22.8 Å². The van der Waals surface area contributed by atoms with Crippen LogP contribution in [0.3, 0.4) is 0 Å². The molecule has 1 aliphatic rings. The van der Waals surface area contributed by atoms with Gasteiger partial charge >= 0.3 is 12.2 Å². The van der Waals surface area contributed by atoms with Gasteiger partial charge in [-0.3, -0.25) is 4.79 Å². The molecule has 8 heteroatoms. The molecule has 2 aromatic rings. The van der Waals surface area contributed by atoms with Crippen molar-refractivity contribution in [1.29, 1.82) is 0 Å². The molecule has 2 unspecified atom stereocenters. The van der Waals surface area contributed by atoms with Gasteiger partial charge in [0.05, 0.1) is 5.56 Å². The molecule has 142 valence electrons. The van der Waals surface area contributed by atoms with Gasteiger partial charge in [0.1, 0.15) is 0 Å². The van der Waals surface area contributed by atoms with E-state index in [-0.39, 0.29) is 23.8 Å². The maximum Gasteiger partial charge on any atom is 0.416 e. The molecular formula is C19H18F3N3O2. The monoisotopic (exact) mass is 377 g/mol. The smallest absolute Gasteiger partial charge is 0.341 e. The van der Waals surface area contributed by atoms with Crippen LogP contribution in [0.5, 0.6) is 0 Å². The third kappa shape index (κ3) is 4.58. The minimum Gasteiger partial charge on any atom is -0.341 e. The van der Waals surface area contributed by atoms with Crippen LogP contribution in [0, 0.1) is 5.92 Å². The minimum absolute atomic E-state index is 0.0838. The maximum atomic E-state index is 12.6. The first kappa shape index (κ1) is 18.8. The molecule has 0 spiro atoms. The molecule has 1 fully saturated rings. The second-order valence-electron chi connectivity index (χ2n) is 6.34. The molecule has 0 bridgehead atoms. The van der Waals surface area contributed by atoms with Gasteiger partial charge in [0.15, 0.2) is 0 Å². The molecule has 0 radical (unpaired) electrons. The average molecular weight is 377 g/mol. The van der Waals surface area contributed by atoms with Crippen LogP contribution in [0.2, 0.25) is 0 Å². The molecule has 3 amide bonds. The number of halogens is 3. The molecule has 1 aliphatic carbocycles. The van der Waals surface area contributed by atoms with Crippen LogP contribution in [0.1, 0.15) is 23.5 Å². The van der Waals surface area contributed by atoms with Crippen molar-refractivity contribution in [2.45, 2.75) is 18.5 Å². The Bertz CT molecular complexity index is 850. The number of carbonyl (C=O) groups excluding carboxylic acids is 2. The highest BCUT2D eigenvalue weighted by Gasteiger charge is 2.44. The number of hydrogen-bond donors (Lipinski definition) is 3. The molecular weight excluding hydrogens is 359 g/mol. The fourth-order valence-electron chi connectivity index (χ4n) is 2.88. The molecule has 0 aliphatic heterocycles. The van der Waals surface area contributed by atoms with Crippen LogP contribution in [0.4, 0.5) is 29.3 Å². The number of amides is 3. The second-order valence-corrected chi connectivity index (χ2v) is 6.34. The number of urea groups is 1. The third-order valence-corrected chi connectivity index (χ3v) is 4.41. The highest BCUT2D eigenvalue weighted by molar-refractivity contribution is 5.96. The Kier molecular flexibility index (Phi) is 5.07. The molecule has 3 rings (SSSR count). The lowest BCUT2D eigenvalue weighted by atomic mass is 10.1. The fraction of sp³-hybridized carbons (Fsp3) is 0.263. The van der Waals surface area contributed by atoms with Gasteiger partial charge in [-0.15, -0.1) is 0 Å². The van der Waals surface area contributed by atoms with Gasteiger partial charge in [-0.2, -0.15) is 13.2 Å². The Morgan fingerprint density at radius 2 is 1.63 bits per heavy atom. The topological polar surface area (TPSA) is 70.2 Å². The van der Waals surface area contributed by atoms with Crippen molar-refractivity contribution >= 4 is 23.3 Å². The van der Waals surface area contributed by atoms with E-state index in [1.54, 1.807) is 24.3 Å². The van der Waals surface area contributed by atoms with Crippen LogP contribution in [-0.4, -0.2) is 19.0 Å². The summed E-state index contributed by atoms with van der Waals surface area (Å²) in [4.78, 5) is 23.7. The maximum absolute atomic E-state index is 12.6. The second kappa shape index (κ2) is 7.30. The van der Waals surface area contributed by atoms with E-state index in [0.29, 0.717) is 17.8 Å². The Labute approximate surface area is 154 Å². The van der Waals surface area contributed by atoms with Crippen molar-refractivity contribution in [2.24, 2.45) is 5.92 Å². The normalized spacial score (nSPS) is 18.5. The standard InChI is InChI=1S/C19H18F3N3O2/c1-23-18(27)25-14-4-2-3-13(9-14)24-17(26)16-10-15(16)11-5-7-12(8-6-11)19(20,21)22/h2-9,15-16H,10H2,1H3,(H,24,26)(H2,23,25,27). The van der Waals surface area contributed by atoms with E-state index < -0.39 is 11.7 Å². The zero-order valence-corrected chi connectivity index (χ0v) is 14.4. The number of carbonyl (C=O) groups is 2. The molecule has 0 heterocycles. The molecule has 27 heavy (non-hydrogen) atoms. The summed E-state index contributed by atoms with van der Waals surface area (Å²) in [5.74, 6) is -0.561. The van der Waals surface area contributed by atoms with Gasteiger partial charge in [-0.1, -0.05) is 18.2 Å². The van der Waals surface area contributed by atoms with Crippen LogP contribution in [0.15, 0.2) is 48.5 Å².